The lowest BCUT2D eigenvalue weighted by molar-refractivity contribution is -0.153. The summed E-state index contributed by atoms with van der Waals surface area (Å²) in [6, 6.07) is 1.75. The fourth-order valence-corrected chi connectivity index (χ4v) is 5.63. The average Bonchev–Trinajstić information content (AvgIpc) is 3.36. The first-order valence-electron chi connectivity index (χ1n) is 12.1. The van der Waals surface area contributed by atoms with E-state index in [2.05, 4.69) is 20.0 Å². The number of aliphatic imine (C=N–C) groups is 1. The fourth-order valence-electron chi connectivity index (χ4n) is 4.69. The van der Waals surface area contributed by atoms with E-state index in [1.54, 1.807) is 6.07 Å². The third kappa shape index (κ3) is 8.13. The number of carbonyl (C=O) groups excluding carboxylic acids is 1. The predicted molar refractivity (Wildman–Crippen MR) is 126 cm³/mol. The molecule has 1 aliphatic carbocycles. The van der Waals surface area contributed by atoms with E-state index in [-0.39, 0.29) is 17.5 Å². The molecule has 0 bridgehead atoms. The molecule has 35 heavy (non-hydrogen) atoms. The molecule has 0 N–H and O–H groups in total. The van der Waals surface area contributed by atoms with Crippen LogP contribution in [0.2, 0.25) is 0 Å². The zero-order chi connectivity index (χ0) is 24.8. The highest BCUT2D eigenvalue weighted by Crippen LogP contribution is 2.32. The van der Waals surface area contributed by atoms with E-state index >= 15 is 0 Å². The largest absolute Gasteiger partial charge is 0.460 e. The second-order valence-electron chi connectivity index (χ2n) is 9.45. The van der Waals surface area contributed by atoms with Crippen molar-refractivity contribution >= 4 is 23.5 Å². The van der Waals surface area contributed by atoms with Crippen LogP contribution in [-0.2, 0) is 24.1 Å². The number of amides is 1. The topological polar surface area (TPSA) is 80.8 Å². The molecule has 0 aromatic carbocycles. The van der Waals surface area contributed by atoms with Crippen LogP contribution < -0.4 is 4.74 Å². The van der Waals surface area contributed by atoms with Crippen LogP contribution in [0.3, 0.4) is 0 Å². The molecule has 0 atom stereocenters. The van der Waals surface area contributed by atoms with Gasteiger partial charge >= 0.3 is 6.18 Å². The van der Waals surface area contributed by atoms with Gasteiger partial charge in [-0.25, -0.2) is 9.98 Å². The Morgan fingerprint density at radius 1 is 1.29 bits per heavy atom. The van der Waals surface area contributed by atoms with Gasteiger partial charge in [-0.15, -0.1) is 0 Å². The molecule has 1 aliphatic heterocycles. The third-order valence-corrected chi connectivity index (χ3v) is 7.68. The molecule has 4 rings (SSSR count). The third-order valence-electron chi connectivity index (χ3n) is 6.61. The SMILES string of the molecule is Cc1cc(CC(=O)N=CC2CCC(CCN3CCc4nc(OCC(F)(F)F)sc4CC3)CC2)on1. The van der Waals surface area contributed by atoms with E-state index in [9.17, 15) is 18.0 Å². The number of aryl methyl sites for hydroxylation is 1. The molecule has 0 spiro atoms. The molecule has 192 valence electrons. The molecule has 11 heteroatoms. The summed E-state index contributed by atoms with van der Waals surface area (Å²) >= 11 is 1.24. The summed E-state index contributed by atoms with van der Waals surface area (Å²) < 4.78 is 47.0. The summed E-state index contributed by atoms with van der Waals surface area (Å²) in [5, 5.41) is 3.91. The maximum absolute atomic E-state index is 12.4. The maximum Gasteiger partial charge on any atom is 0.422 e. The van der Waals surface area contributed by atoms with Gasteiger partial charge in [0.25, 0.3) is 11.1 Å². The van der Waals surface area contributed by atoms with Crippen LogP contribution in [0.1, 0.15) is 54.1 Å². The smallest absolute Gasteiger partial charge is 0.422 e. The van der Waals surface area contributed by atoms with Crippen molar-refractivity contribution in [3.05, 3.63) is 28.1 Å². The number of nitrogens with zero attached hydrogens (tertiary/aromatic N) is 4. The molecular formula is C24H31F3N4O3S. The highest BCUT2D eigenvalue weighted by Gasteiger charge is 2.30. The number of aromatic nitrogens is 2. The second-order valence-corrected chi connectivity index (χ2v) is 10.5. The number of hydrogen-bond donors (Lipinski definition) is 0. The standard InChI is InChI=1S/C24H31F3N4O3S/c1-16-12-19(34-30-16)13-22(32)28-14-18-4-2-17(3-5-18)6-9-31-10-7-20-21(8-11-31)35-23(29-20)33-15-24(25,26)27/h12,14,17-18H,2-11,13,15H2,1H3. The molecule has 7 nitrogen and oxygen atoms in total. The molecule has 0 radical (unpaired) electrons. The van der Waals surface area contributed by atoms with E-state index in [0.717, 1.165) is 80.8 Å². The van der Waals surface area contributed by atoms with Gasteiger partial charge in [0.1, 0.15) is 5.76 Å². The molecule has 0 unspecified atom stereocenters. The van der Waals surface area contributed by atoms with E-state index in [1.165, 1.54) is 11.3 Å². The van der Waals surface area contributed by atoms with Crippen LogP contribution in [0.25, 0.3) is 0 Å². The van der Waals surface area contributed by atoms with Crippen molar-refractivity contribution in [2.45, 2.75) is 64.5 Å². The minimum atomic E-state index is -4.35. The molecule has 2 aromatic heterocycles. The van der Waals surface area contributed by atoms with Gasteiger partial charge in [0.2, 0.25) is 0 Å². The van der Waals surface area contributed by atoms with Crippen LogP contribution >= 0.6 is 11.3 Å². The molecular weight excluding hydrogens is 481 g/mol. The summed E-state index contributed by atoms with van der Waals surface area (Å²) in [6.45, 7) is 3.30. The highest BCUT2D eigenvalue weighted by molar-refractivity contribution is 7.13. The first-order chi connectivity index (χ1) is 16.7. The summed E-state index contributed by atoms with van der Waals surface area (Å²) in [5.41, 5.74) is 1.63. The zero-order valence-electron chi connectivity index (χ0n) is 19.9. The quantitative estimate of drug-likeness (QED) is 0.472. The maximum atomic E-state index is 12.4. The van der Waals surface area contributed by atoms with Crippen molar-refractivity contribution in [3.8, 4) is 5.19 Å². The normalized spacial score (nSPS) is 21.7. The molecule has 1 amide bonds. The Kier molecular flexibility index (Phi) is 8.59. The molecule has 3 heterocycles. The van der Waals surface area contributed by atoms with Gasteiger partial charge < -0.3 is 14.2 Å². The fraction of sp³-hybridized carbons (Fsp3) is 0.667. The number of rotatable bonds is 8. The van der Waals surface area contributed by atoms with E-state index in [4.69, 9.17) is 9.26 Å². The Balaban J connectivity index is 1.13. The average molecular weight is 513 g/mol. The summed E-state index contributed by atoms with van der Waals surface area (Å²) in [6.07, 6.45) is 4.65. The Bertz CT molecular complexity index is 987. The lowest BCUT2D eigenvalue weighted by atomic mass is 9.81. The van der Waals surface area contributed by atoms with Crippen molar-refractivity contribution < 1.29 is 27.2 Å². The first kappa shape index (κ1) is 25.8. The monoisotopic (exact) mass is 512 g/mol. The van der Waals surface area contributed by atoms with Gasteiger partial charge in [0.15, 0.2) is 6.61 Å². The van der Waals surface area contributed by atoms with Crippen molar-refractivity contribution in [2.75, 3.05) is 26.2 Å². The van der Waals surface area contributed by atoms with Crippen LogP contribution in [0, 0.1) is 18.8 Å². The number of ether oxygens (including phenoxy) is 1. The number of fused-ring (bicyclic) bond motifs is 1. The van der Waals surface area contributed by atoms with E-state index in [0.29, 0.717) is 17.6 Å². The van der Waals surface area contributed by atoms with Crippen LogP contribution in [0.5, 0.6) is 5.19 Å². The predicted octanol–water partition coefficient (Wildman–Crippen LogP) is 4.82. The number of hydrogen-bond acceptors (Lipinski definition) is 7. The number of halogens is 3. The van der Waals surface area contributed by atoms with Gasteiger partial charge in [0, 0.05) is 36.7 Å². The van der Waals surface area contributed by atoms with Crippen LogP contribution in [0.4, 0.5) is 13.2 Å². The summed E-state index contributed by atoms with van der Waals surface area (Å²) in [4.78, 5) is 23.9. The van der Waals surface area contributed by atoms with Crippen molar-refractivity contribution in [1.82, 2.24) is 15.0 Å². The van der Waals surface area contributed by atoms with Gasteiger partial charge in [-0.1, -0.05) is 16.5 Å². The lowest BCUT2D eigenvalue weighted by Gasteiger charge is -2.28. The van der Waals surface area contributed by atoms with Gasteiger partial charge in [0.05, 0.1) is 17.8 Å². The van der Waals surface area contributed by atoms with Gasteiger partial charge in [-0.05, 0) is 63.8 Å². The van der Waals surface area contributed by atoms with Gasteiger partial charge in [-0.3, -0.25) is 4.79 Å². The molecule has 0 saturated heterocycles. The lowest BCUT2D eigenvalue weighted by Crippen LogP contribution is -2.29. The minimum absolute atomic E-state index is 0.121. The van der Waals surface area contributed by atoms with E-state index < -0.39 is 12.8 Å². The number of alkyl halides is 3. The summed E-state index contributed by atoms with van der Waals surface area (Å²) in [5.74, 6) is 1.36. The van der Waals surface area contributed by atoms with Crippen LogP contribution in [0.15, 0.2) is 15.6 Å². The van der Waals surface area contributed by atoms with Gasteiger partial charge in [-0.2, -0.15) is 13.2 Å². The Labute approximate surface area is 206 Å². The number of thiazole rings is 1. The highest BCUT2D eigenvalue weighted by atomic mass is 32.1. The second kappa shape index (κ2) is 11.6. The zero-order valence-corrected chi connectivity index (χ0v) is 20.7. The molecule has 1 fully saturated rings. The minimum Gasteiger partial charge on any atom is -0.460 e. The Morgan fingerprint density at radius 2 is 2.06 bits per heavy atom. The molecule has 2 aromatic rings. The van der Waals surface area contributed by atoms with E-state index in [1.807, 2.05) is 13.1 Å². The Hall–Kier alpha value is -2.27. The van der Waals surface area contributed by atoms with Crippen molar-refractivity contribution in [3.63, 3.8) is 0 Å². The Morgan fingerprint density at radius 3 is 2.77 bits per heavy atom. The summed E-state index contributed by atoms with van der Waals surface area (Å²) in [7, 11) is 0. The van der Waals surface area contributed by atoms with Crippen molar-refractivity contribution in [1.29, 1.82) is 0 Å². The number of carbonyl (C=O) groups is 1. The first-order valence-corrected chi connectivity index (χ1v) is 12.9. The van der Waals surface area contributed by atoms with Crippen LogP contribution in [-0.4, -0.2) is 59.6 Å². The van der Waals surface area contributed by atoms with Crippen molar-refractivity contribution in [2.24, 2.45) is 16.8 Å². The molecule has 1 saturated carbocycles. The molecule has 2 aliphatic rings.